The predicted molar refractivity (Wildman–Crippen MR) is 62.8 cm³/mol. The highest BCUT2D eigenvalue weighted by molar-refractivity contribution is 9.10. The van der Waals surface area contributed by atoms with E-state index in [0.29, 0.717) is 18.4 Å². The number of carbonyl (C=O) groups excluding carboxylic acids is 1. The number of hydrogen-bond acceptors (Lipinski definition) is 3. The maximum absolute atomic E-state index is 11.8. The number of hydrogen-bond donors (Lipinski definition) is 0. The van der Waals surface area contributed by atoms with Gasteiger partial charge in [0.25, 0.3) is 0 Å². The van der Waals surface area contributed by atoms with Gasteiger partial charge < -0.3 is 9.47 Å². The molecule has 4 heteroatoms. The van der Waals surface area contributed by atoms with Gasteiger partial charge in [0.15, 0.2) is 5.78 Å². The molecule has 3 nitrogen and oxygen atoms in total. The minimum Gasteiger partial charge on any atom is -0.459 e. The summed E-state index contributed by atoms with van der Waals surface area (Å²) >= 11 is 3.34. The highest BCUT2D eigenvalue weighted by atomic mass is 79.9. The Kier molecular flexibility index (Phi) is 3.62. The monoisotopic (exact) mass is 282 g/mol. The van der Waals surface area contributed by atoms with E-state index in [-0.39, 0.29) is 12.1 Å². The molecule has 0 aromatic heterocycles. The van der Waals surface area contributed by atoms with Gasteiger partial charge in [0.05, 0.1) is 0 Å². The van der Waals surface area contributed by atoms with Crippen LogP contribution in [0.25, 0.3) is 0 Å². The van der Waals surface area contributed by atoms with Crippen LogP contribution >= 0.6 is 15.9 Å². The average Bonchev–Trinajstić information content (AvgIpc) is 2.78. The molecular formula is C12H11BrO3. The number of rotatable bonds is 4. The summed E-state index contributed by atoms with van der Waals surface area (Å²) in [5.74, 6) is 0.0976. The Balaban J connectivity index is 1.88. The number of ketones is 1. The second-order valence-electron chi connectivity index (χ2n) is 3.45. The van der Waals surface area contributed by atoms with Crippen LogP contribution in [0.2, 0.25) is 0 Å². The van der Waals surface area contributed by atoms with Crippen molar-refractivity contribution in [3.63, 3.8) is 0 Å². The van der Waals surface area contributed by atoms with Crippen LogP contribution in [0.1, 0.15) is 23.2 Å². The van der Waals surface area contributed by atoms with E-state index >= 15 is 0 Å². The van der Waals surface area contributed by atoms with Crippen LogP contribution < -0.4 is 0 Å². The fourth-order valence-electron chi connectivity index (χ4n) is 1.46. The molecule has 0 unspecified atom stereocenters. The molecule has 0 aliphatic carbocycles. The molecule has 1 aliphatic rings. The molecule has 1 aromatic rings. The predicted octanol–water partition coefficient (Wildman–Crippen LogP) is 3.26. The Labute approximate surface area is 102 Å². The first-order valence-corrected chi connectivity index (χ1v) is 5.80. The lowest BCUT2D eigenvalue weighted by atomic mass is 10.1. The third kappa shape index (κ3) is 2.85. The van der Waals surface area contributed by atoms with E-state index < -0.39 is 0 Å². The van der Waals surface area contributed by atoms with Gasteiger partial charge in [-0.2, -0.15) is 0 Å². The number of benzene rings is 1. The van der Waals surface area contributed by atoms with Crippen molar-refractivity contribution in [1.82, 2.24) is 0 Å². The van der Waals surface area contributed by atoms with Crippen LogP contribution in [-0.4, -0.2) is 12.1 Å². The van der Waals surface area contributed by atoms with Gasteiger partial charge in [0, 0.05) is 22.9 Å². The van der Waals surface area contributed by atoms with Crippen molar-refractivity contribution in [2.75, 3.05) is 0 Å². The second kappa shape index (κ2) is 5.16. The Morgan fingerprint density at radius 1 is 1.31 bits per heavy atom. The standard InChI is InChI=1S/C12H11BrO3/c13-10-3-1-2-9(8-10)11(14)4-5-12-15-6-7-16-12/h1-3,6-8,12H,4-5H2. The van der Waals surface area contributed by atoms with Crippen LogP contribution in [-0.2, 0) is 9.47 Å². The zero-order chi connectivity index (χ0) is 11.4. The third-order valence-electron chi connectivity index (χ3n) is 2.27. The molecule has 1 aliphatic heterocycles. The summed E-state index contributed by atoms with van der Waals surface area (Å²) in [5.41, 5.74) is 0.709. The topological polar surface area (TPSA) is 35.5 Å². The Hall–Kier alpha value is -1.29. The molecule has 0 N–H and O–H groups in total. The van der Waals surface area contributed by atoms with E-state index in [0.717, 1.165) is 4.47 Å². The van der Waals surface area contributed by atoms with Crippen LogP contribution in [0, 0.1) is 0 Å². The molecule has 0 saturated heterocycles. The molecule has 0 fully saturated rings. The lowest BCUT2D eigenvalue weighted by Gasteiger charge is -2.09. The molecule has 0 bridgehead atoms. The quantitative estimate of drug-likeness (QED) is 0.796. The summed E-state index contributed by atoms with van der Waals surface area (Å²) in [4.78, 5) is 11.8. The average molecular weight is 283 g/mol. The number of Topliss-reactive ketones (excluding diaryl/α,β-unsaturated/α-hetero) is 1. The van der Waals surface area contributed by atoms with Crippen molar-refractivity contribution in [3.8, 4) is 0 Å². The molecule has 0 saturated carbocycles. The van der Waals surface area contributed by atoms with Crippen molar-refractivity contribution in [2.45, 2.75) is 19.1 Å². The molecule has 16 heavy (non-hydrogen) atoms. The molecule has 2 rings (SSSR count). The Morgan fingerprint density at radius 2 is 2.06 bits per heavy atom. The van der Waals surface area contributed by atoms with E-state index in [1.807, 2.05) is 24.3 Å². The smallest absolute Gasteiger partial charge is 0.240 e. The molecule has 84 valence electrons. The lowest BCUT2D eigenvalue weighted by Crippen LogP contribution is -2.10. The van der Waals surface area contributed by atoms with Crippen molar-refractivity contribution < 1.29 is 14.3 Å². The van der Waals surface area contributed by atoms with E-state index in [1.165, 1.54) is 12.5 Å². The largest absolute Gasteiger partial charge is 0.459 e. The minimum absolute atomic E-state index is 0.0976. The van der Waals surface area contributed by atoms with Gasteiger partial charge in [-0.3, -0.25) is 4.79 Å². The molecule has 1 aromatic carbocycles. The molecule has 0 amide bonds. The third-order valence-corrected chi connectivity index (χ3v) is 2.76. The van der Waals surface area contributed by atoms with E-state index in [1.54, 1.807) is 0 Å². The fraction of sp³-hybridized carbons (Fsp3) is 0.250. The molecular weight excluding hydrogens is 272 g/mol. The number of carbonyl (C=O) groups is 1. The van der Waals surface area contributed by atoms with Gasteiger partial charge in [0.2, 0.25) is 6.29 Å². The second-order valence-corrected chi connectivity index (χ2v) is 4.36. The highest BCUT2D eigenvalue weighted by Crippen LogP contribution is 2.16. The molecule has 0 radical (unpaired) electrons. The first-order valence-electron chi connectivity index (χ1n) is 5.00. The van der Waals surface area contributed by atoms with Gasteiger partial charge >= 0.3 is 0 Å². The SMILES string of the molecule is O=C(CCC1OC=CO1)c1cccc(Br)c1. The zero-order valence-electron chi connectivity index (χ0n) is 8.56. The van der Waals surface area contributed by atoms with Crippen molar-refractivity contribution in [2.24, 2.45) is 0 Å². The number of ether oxygens (including phenoxy) is 2. The van der Waals surface area contributed by atoms with Crippen LogP contribution in [0.4, 0.5) is 0 Å². The van der Waals surface area contributed by atoms with Crippen molar-refractivity contribution >= 4 is 21.7 Å². The maximum atomic E-state index is 11.8. The highest BCUT2D eigenvalue weighted by Gasteiger charge is 2.15. The van der Waals surface area contributed by atoms with Gasteiger partial charge in [-0.05, 0) is 12.1 Å². The van der Waals surface area contributed by atoms with E-state index in [9.17, 15) is 4.79 Å². The summed E-state index contributed by atoms with van der Waals surface area (Å²) < 4.78 is 11.1. The summed E-state index contributed by atoms with van der Waals surface area (Å²) in [5, 5.41) is 0. The summed E-state index contributed by atoms with van der Waals surface area (Å²) in [6.45, 7) is 0. The van der Waals surface area contributed by atoms with Gasteiger partial charge in [-0.25, -0.2) is 0 Å². The van der Waals surface area contributed by atoms with Gasteiger partial charge in [-0.1, -0.05) is 28.1 Å². The maximum Gasteiger partial charge on any atom is 0.240 e. The molecule has 1 heterocycles. The molecule has 0 spiro atoms. The first kappa shape index (κ1) is 11.2. The number of halogens is 1. The first-order chi connectivity index (χ1) is 7.75. The van der Waals surface area contributed by atoms with Crippen molar-refractivity contribution in [1.29, 1.82) is 0 Å². The van der Waals surface area contributed by atoms with E-state index in [4.69, 9.17) is 9.47 Å². The fourth-order valence-corrected chi connectivity index (χ4v) is 1.86. The summed E-state index contributed by atoms with van der Waals surface area (Å²) in [7, 11) is 0. The molecule has 0 atom stereocenters. The van der Waals surface area contributed by atoms with Gasteiger partial charge in [-0.15, -0.1) is 0 Å². The van der Waals surface area contributed by atoms with Crippen LogP contribution in [0.15, 0.2) is 41.3 Å². The minimum atomic E-state index is -0.309. The van der Waals surface area contributed by atoms with Crippen LogP contribution in [0.3, 0.4) is 0 Å². The lowest BCUT2D eigenvalue weighted by molar-refractivity contribution is -0.0280. The zero-order valence-corrected chi connectivity index (χ0v) is 10.1. The summed E-state index contributed by atoms with van der Waals surface area (Å²) in [6, 6.07) is 7.37. The van der Waals surface area contributed by atoms with Crippen LogP contribution in [0.5, 0.6) is 0 Å². The van der Waals surface area contributed by atoms with Gasteiger partial charge in [0.1, 0.15) is 12.5 Å². The summed E-state index contributed by atoms with van der Waals surface area (Å²) in [6.07, 6.45) is 3.67. The Morgan fingerprint density at radius 3 is 2.75 bits per heavy atom. The normalized spacial score (nSPS) is 14.6. The van der Waals surface area contributed by atoms with Crippen molar-refractivity contribution in [3.05, 3.63) is 46.8 Å². The Bertz CT molecular complexity index is 406. The van der Waals surface area contributed by atoms with E-state index in [2.05, 4.69) is 15.9 Å².